The predicted molar refractivity (Wildman–Crippen MR) is 129 cm³/mol. The monoisotopic (exact) mass is 396 g/mol. The van der Waals surface area contributed by atoms with Gasteiger partial charge >= 0.3 is 0 Å². The summed E-state index contributed by atoms with van der Waals surface area (Å²) in [5.41, 5.74) is 8.39. The highest BCUT2D eigenvalue weighted by Gasteiger charge is 2.49. The number of hydrogen-bond donors (Lipinski definition) is 0. The fourth-order valence-corrected chi connectivity index (χ4v) is 5.56. The van der Waals surface area contributed by atoms with E-state index in [0.29, 0.717) is 6.17 Å². The summed E-state index contributed by atoms with van der Waals surface area (Å²) in [6.45, 7) is 14.3. The van der Waals surface area contributed by atoms with E-state index in [1.54, 1.807) is 0 Å². The Morgan fingerprint density at radius 3 is 2.10 bits per heavy atom. The molecule has 2 aliphatic rings. The smallest absolute Gasteiger partial charge is 0.102 e. The Balaban J connectivity index is 1.90. The first-order chi connectivity index (χ1) is 14.2. The molecule has 0 bridgehead atoms. The number of rotatable bonds is 1. The van der Waals surface area contributed by atoms with E-state index < -0.39 is 0 Å². The molecule has 0 unspecified atom stereocenters. The topological polar surface area (TPSA) is 6.48 Å². The van der Waals surface area contributed by atoms with Crippen molar-refractivity contribution in [2.45, 2.75) is 58.5 Å². The minimum absolute atomic E-state index is 0.0165. The summed E-state index contributed by atoms with van der Waals surface area (Å²) in [5, 5.41) is 2.71. The third-order valence-corrected chi connectivity index (χ3v) is 8.12. The molecule has 1 atom stereocenters. The number of anilines is 1. The summed E-state index contributed by atoms with van der Waals surface area (Å²) in [6.07, 6.45) is 4.74. The maximum atomic E-state index is 2.46. The van der Waals surface area contributed by atoms with E-state index in [0.717, 1.165) is 0 Å². The lowest BCUT2D eigenvalue weighted by Crippen LogP contribution is -2.45. The van der Waals surface area contributed by atoms with Crippen LogP contribution in [0.25, 0.3) is 21.9 Å². The van der Waals surface area contributed by atoms with Gasteiger partial charge in [0.2, 0.25) is 0 Å². The fourth-order valence-electron chi connectivity index (χ4n) is 5.56. The fraction of sp³-hybridized carbons (Fsp3) is 0.357. The average molecular weight is 397 g/mol. The van der Waals surface area contributed by atoms with Crippen LogP contribution in [0.5, 0.6) is 0 Å². The Morgan fingerprint density at radius 2 is 1.40 bits per heavy atom. The van der Waals surface area contributed by atoms with Crippen molar-refractivity contribution in [1.29, 1.82) is 0 Å². The summed E-state index contributed by atoms with van der Waals surface area (Å²) in [4.78, 5) is 4.74. The maximum absolute atomic E-state index is 2.46. The molecule has 0 amide bonds. The molecule has 0 fully saturated rings. The van der Waals surface area contributed by atoms with Crippen LogP contribution < -0.4 is 4.90 Å². The molecule has 0 saturated heterocycles. The van der Waals surface area contributed by atoms with Gasteiger partial charge in [-0.25, -0.2) is 0 Å². The van der Waals surface area contributed by atoms with Crippen LogP contribution in [0.3, 0.4) is 0 Å². The molecule has 1 aliphatic heterocycles. The van der Waals surface area contributed by atoms with Gasteiger partial charge in [0.05, 0.1) is 0 Å². The lowest BCUT2D eigenvalue weighted by atomic mass is 9.54. The molecule has 1 heterocycles. The van der Waals surface area contributed by atoms with Gasteiger partial charge in [0.1, 0.15) is 6.17 Å². The highest BCUT2D eigenvalue weighted by Crippen LogP contribution is 2.58. The zero-order chi connectivity index (χ0) is 21.4. The van der Waals surface area contributed by atoms with Crippen molar-refractivity contribution in [3.63, 3.8) is 0 Å². The zero-order valence-electron chi connectivity index (χ0n) is 19.2. The van der Waals surface area contributed by atoms with Crippen LogP contribution in [0.1, 0.15) is 51.3 Å². The second-order valence-electron chi connectivity index (χ2n) is 10.1. The van der Waals surface area contributed by atoms with Crippen molar-refractivity contribution in [2.24, 2.45) is 0 Å². The number of hydrogen-bond acceptors (Lipinski definition) is 2. The molecule has 0 radical (unpaired) electrons. The minimum atomic E-state index is -0.0322. The van der Waals surface area contributed by atoms with E-state index in [-0.39, 0.29) is 10.8 Å². The quantitative estimate of drug-likeness (QED) is 0.439. The van der Waals surface area contributed by atoms with E-state index in [4.69, 9.17) is 0 Å². The molecule has 2 nitrogen and oxygen atoms in total. The number of fused-ring (bicyclic) bond motifs is 5. The molecule has 30 heavy (non-hydrogen) atoms. The molecule has 0 spiro atoms. The summed E-state index contributed by atoms with van der Waals surface area (Å²) >= 11 is 0. The first kappa shape index (κ1) is 19.2. The molecule has 0 N–H and O–H groups in total. The molecule has 154 valence electrons. The van der Waals surface area contributed by atoms with Gasteiger partial charge < -0.3 is 9.80 Å². The van der Waals surface area contributed by atoms with Gasteiger partial charge in [-0.15, -0.1) is 0 Å². The van der Waals surface area contributed by atoms with Gasteiger partial charge in [-0.1, -0.05) is 76.2 Å². The molecule has 0 saturated carbocycles. The summed E-state index contributed by atoms with van der Waals surface area (Å²) in [6, 6.07) is 18.2. The van der Waals surface area contributed by atoms with Crippen molar-refractivity contribution in [1.82, 2.24) is 4.90 Å². The van der Waals surface area contributed by atoms with Crippen LogP contribution in [0.2, 0.25) is 0 Å². The van der Waals surface area contributed by atoms with Crippen LogP contribution in [0, 0.1) is 6.92 Å². The van der Waals surface area contributed by atoms with Crippen molar-refractivity contribution >= 4 is 16.5 Å². The van der Waals surface area contributed by atoms with E-state index >= 15 is 0 Å². The van der Waals surface area contributed by atoms with E-state index in [1.807, 2.05) is 0 Å². The number of aryl methyl sites for hydroxylation is 1. The highest BCUT2D eigenvalue weighted by molar-refractivity contribution is 5.97. The second kappa shape index (κ2) is 6.14. The third kappa shape index (κ3) is 2.31. The average Bonchev–Trinajstić information content (AvgIpc) is 3.04. The largest absolute Gasteiger partial charge is 0.359 e. The highest BCUT2D eigenvalue weighted by atomic mass is 15.4. The standard InChI is InChI=1S/C28H32N2/c1-18-12-14-23-22-15-13-20-10-8-9-11-21(20)24(22)27(3,4)28(5,6)25(23)26(18)30-17-16-29(7)19(30)2/h8-17,19H,1-7H3/t19-/m0/s1. The Morgan fingerprint density at radius 1 is 0.767 bits per heavy atom. The van der Waals surface area contributed by atoms with Gasteiger partial charge in [-0.05, 0) is 52.4 Å². The molecule has 3 aromatic rings. The van der Waals surface area contributed by atoms with Crippen LogP contribution in [-0.4, -0.2) is 18.1 Å². The first-order valence-corrected chi connectivity index (χ1v) is 11.0. The van der Waals surface area contributed by atoms with E-state index in [2.05, 4.69) is 119 Å². The number of nitrogens with zero attached hydrogens (tertiary/aromatic N) is 2. The third-order valence-electron chi connectivity index (χ3n) is 8.12. The van der Waals surface area contributed by atoms with Crippen molar-refractivity contribution in [3.05, 3.63) is 77.6 Å². The van der Waals surface area contributed by atoms with E-state index in [1.165, 1.54) is 44.3 Å². The lowest BCUT2D eigenvalue weighted by molar-refractivity contribution is 0.300. The summed E-state index contributed by atoms with van der Waals surface area (Å²) in [5.74, 6) is 0. The molecule has 1 aliphatic carbocycles. The summed E-state index contributed by atoms with van der Waals surface area (Å²) < 4.78 is 0. The van der Waals surface area contributed by atoms with Crippen LogP contribution >= 0.6 is 0 Å². The van der Waals surface area contributed by atoms with E-state index in [9.17, 15) is 0 Å². The van der Waals surface area contributed by atoms with Gasteiger partial charge in [0.25, 0.3) is 0 Å². The lowest BCUT2D eigenvalue weighted by Gasteiger charge is -2.50. The Hall–Kier alpha value is -2.74. The van der Waals surface area contributed by atoms with Crippen LogP contribution in [0.15, 0.2) is 60.9 Å². The van der Waals surface area contributed by atoms with Crippen molar-refractivity contribution < 1.29 is 0 Å². The van der Waals surface area contributed by atoms with Gasteiger partial charge in [-0.2, -0.15) is 0 Å². The Bertz CT molecular complexity index is 1200. The van der Waals surface area contributed by atoms with Gasteiger partial charge in [-0.3, -0.25) is 0 Å². The van der Waals surface area contributed by atoms with Gasteiger partial charge in [0.15, 0.2) is 0 Å². The molecule has 5 rings (SSSR count). The first-order valence-electron chi connectivity index (χ1n) is 11.0. The van der Waals surface area contributed by atoms with Crippen LogP contribution in [0.4, 0.5) is 5.69 Å². The predicted octanol–water partition coefficient (Wildman–Crippen LogP) is 6.95. The molecular formula is C28H32N2. The maximum Gasteiger partial charge on any atom is 0.102 e. The molecule has 3 aromatic carbocycles. The van der Waals surface area contributed by atoms with Crippen molar-refractivity contribution in [2.75, 3.05) is 11.9 Å². The second-order valence-corrected chi connectivity index (χ2v) is 10.1. The molecule has 0 aromatic heterocycles. The molecule has 2 heteroatoms. The summed E-state index contributed by atoms with van der Waals surface area (Å²) in [7, 11) is 2.16. The molecular weight excluding hydrogens is 364 g/mol. The Labute approximate surface area is 180 Å². The Kier molecular flexibility index (Phi) is 3.93. The number of benzene rings is 3. The van der Waals surface area contributed by atoms with Crippen molar-refractivity contribution in [3.8, 4) is 11.1 Å². The van der Waals surface area contributed by atoms with Gasteiger partial charge in [0, 0.05) is 36.0 Å². The zero-order valence-corrected chi connectivity index (χ0v) is 19.2. The minimum Gasteiger partial charge on any atom is -0.359 e. The normalized spacial score (nSPS) is 21.1. The SMILES string of the molecule is Cc1ccc2c(c1N1C=CN(C)[C@@H]1C)C(C)(C)C(C)(C)c1c-2ccc2ccccc12. The van der Waals surface area contributed by atoms with Crippen LogP contribution in [-0.2, 0) is 10.8 Å².